The monoisotopic (exact) mass is 355 g/mol. The van der Waals surface area contributed by atoms with E-state index in [2.05, 4.69) is 25.8 Å². The van der Waals surface area contributed by atoms with E-state index < -0.39 is 5.60 Å². The van der Waals surface area contributed by atoms with E-state index in [4.69, 9.17) is 0 Å². The van der Waals surface area contributed by atoms with Crippen molar-refractivity contribution in [1.82, 2.24) is 9.88 Å². The van der Waals surface area contributed by atoms with Crippen LogP contribution in [0.25, 0.3) is 0 Å². The molecule has 5 nitrogen and oxygen atoms in total. The van der Waals surface area contributed by atoms with E-state index in [0.717, 1.165) is 28.8 Å². The molecule has 1 aromatic heterocycles. The Morgan fingerprint density at radius 3 is 2.95 bits per heavy atom. The van der Waals surface area contributed by atoms with Crippen molar-refractivity contribution in [1.29, 1.82) is 0 Å². The lowest BCUT2D eigenvalue weighted by Crippen LogP contribution is -2.50. The van der Waals surface area contributed by atoms with Gasteiger partial charge in [0.25, 0.3) is 0 Å². The van der Waals surface area contributed by atoms with Crippen molar-refractivity contribution in [3.05, 3.63) is 22.3 Å². The number of hydrogen-bond donors (Lipinski definition) is 1. The van der Waals surface area contributed by atoms with Crippen molar-refractivity contribution in [2.24, 2.45) is 0 Å². The number of carbonyl (C=O) groups excluding carboxylic acids is 1. The summed E-state index contributed by atoms with van der Waals surface area (Å²) in [6.45, 7) is 3.29. The Labute approximate surface area is 134 Å². The lowest BCUT2D eigenvalue weighted by atomic mass is 9.89. The van der Waals surface area contributed by atoms with Crippen molar-refractivity contribution in [3.8, 4) is 0 Å². The van der Waals surface area contributed by atoms with Gasteiger partial charge in [0.2, 0.25) is 5.91 Å². The molecule has 0 saturated carbocycles. The molecule has 116 valence electrons. The highest BCUT2D eigenvalue weighted by molar-refractivity contribution is 9.10. The molecule has 21 heavy (non-hydrogen) atoms. The van der Waals surface area contributed by atoms with Crippen LogP contribution >= 0.6 is 15.9 Å². The fourth-order valence-corrected chi connectivity index (χ4v) is 3.11. The molecule has 0 aromatic carbocycles. The summed E-state index contributed by atoms with van der Waals surface area (Å²) in [4.78, 5) is 19.9. The normalized spacial score (nSPS) is 22.2. The molecule has 1 atom stereocenters. The number of anilines is 1. The molecule has 1 amide bonds. The standard InChI is InChI=1S/C15H22BrN3O2/c1-11-5-7-17-14(13(11)16)19-8-4-6-15(21,10-19)9-12(20)18(2)3/h5,7,21H,4,6,8-10H2,1-3H3. The van der Waals surface area contributed by atoms with Crippen LogP contribution in [0.5, 0.6) is 0 Å². The molecule has 0 spiro atoms. The number of aromatic nitrogens is 1. The van der Waals surface area contributed by atoms with Gasteiger partial charge in [-0.3, -0.25) is 4.79 Å². The molecule has 2 rings (SSSR count). The number of rotatable bonds is 3. The average Bonchev–Trinajstić information content (AvgIpc) is 2.41. The molecule has 1 aliphatic heterocycles. The smallest absolute Gasteiger partial charge is 0.225 e. The molecule has 1 fully saturated rings. The molecule has 0 bridgehead atoms. The molecule has 0 aliphatic carbocycles. The van der Waals surface area contributed by atoms with Crippen LogP contribution in [0.2, 0.25) is 0 Å². The van der Waals surface area contributed by atoms with Gasteiger partial charge in [0.05, 0.1) is 16.5 Å². The summed E-state index contributed by atoms with van der Waals surface area (Å²) in [6, 6.07) is 1.94. The number of aryl methyl sites for hydroxylation is 1. The van der Waals surface area contributed by atoms with Crippen LogP contribution < -0.4 is 4.90 Å². The maximum atomic E-state index is 11.9. The third kappa shape index (κ3) is 3.74. The van der Waals surface area contributed by atoms with E-state index in [-0.39, 0.29) is 12.3 Å². The summed E-state index contributed by atoms with van der Waals surface area (Å²) >= 11 is 3.57. The SMILES string of the molecule is Cc1ccnc(N2CCCC(O)(CC(=O)N(C)C)C2)c1Br. The minimum absolute atomic E-state index is 0.0457. The van der Waals surface area contributed by atoms with Crippen LogP contribution in [-0.2, 0) is 4.79 Å². The number of nitrogens with zero attached hydrogens (tertiary/aromatic N) is 3. The summed E-state index contributed by atoms with van der Waals surface area (Å²) in [5.74, 6) is 0.793. The summed E-state index contributed by atoms with van der Waals surface area (Å²) in [7, 11) is 3.43. The lowest BCUT2D eigenvalue weighted by Gasteiger charge is -2.40. The highest BCUT2D eigenvalue weighted by Crippen LogP contribution is 2.32. The molecule has 1 aliphatic rings. The van der Waals surface area contributed by atoms with Gasteiger partial charge in [0, 0.05) is 33.4 Å². The van der Waals surface area contributed by atoms with Gasteiger partial charge in [-0.15, -0.1) is 0 Å². The van der Waals surface area contributed by atoms with Crippen molar-refractivity contribution >= 4 is 27.7 Å². The molecular weight excluding hydrogens is 334 g/mol. The number of β-amino-alcohol motifs (C(OH)–C–C–N with tert-alkyl or cyclic N) is 1. The van der Waals surface area contributed by atoms with Crippen molar-refractivity contribution in [3.63, 3.8) is 0 Å². The van der Waals surface area contributed by atoms with E-state index in [1.54, 1.807) is 20.3 Å². The zero-order chi connectivity index (χ0) is 15.6. The first-order valence-corrected chi connectivity index (χ1v) is 7.90. The molecule has 1 aromatic rings. The Bertz CT molecular complexity index is 536. The first kappa shape index (κ1) is 16.2. The van der Waals surface area contributed by atoms with Crippen LogP contribution in [0.3, 0.4) is 0 Å². The van der Waals surface area contributed by atoms with Gasteiger partial charge in [-0.1, -0.05) is 0 Å². The van der Waals surface area contributed by atoms with Gasteiger partial charge < -0.3 is 14.9 Å². The first-order valence-electron chi connectivity index (χ1n) is 7.11. The molecular formula is C15H22BrN3O2. The molecule has 1 N–H and O–H groups in total. The number of hydrogen-bond acceptors (Lipinski definition) is 4. The second kappa shape index (κ2) is 6.32. The Morgan fingerprint density at radius 1 is 1.57 bits per heavy atom. The van der Waals surface area contributed by atoms with Gasteiger partial charge in [0.15, 0.2) is 0 Å². The highest BCUT2D eigenvalue weighted by atomic mass is 79.9. The Balaban J connectivity index is 2.17. The first-order chi connectivity index (χ1) is 9.82. The Morgan fingerprint density at radius 2 is 2.29 bits per heavy atom. The highest BCUT2D eigenvalue weighted by Gasteiger charge is 2.36. The van der Waals surface area contributed by atoms with Gasteiger partial charge in [-0.25, -0.2) is 4.98 Å². The van der Waals surface area contributed by atoms with Crippen LogP contribution in [0.1, 0.15) is 24.8 Å². The zero-order valence-electron chi connectivity index (χ0n) is 12.8. The van der Waals surface area contributed by atoms with Crippen molar-refractivity contribution in [2.75, 3.05) is 32.1 Å². The predicted octanol–water partition coefficient (Wildman–Crippen LogP) is 1.96. The summed E-state index contributed by atoms with van der Waals surface area (Å²) in [5, 5.41) is 10.8. The Hall–Kier alpha value is -1.14. The van der Waals surface area contributed by atoms with Gasteiger partial charge >= 0.3 is 0 Å². The van der Waals surface area contributed by atoms with Gasteiger partial charge in [0.1, 0.15) is 5.82 Å². The van der Waals surface area contributed by atoms with E-state index >= 15 is 0 Å². The van der Waals surface area contributed by atoms with Crippen LogP contribution in [-0.4, -0.2) is 53.7 Å². The van der Waals surface area contributed by atoms with Gasteiger partial charge in [-0.2, -0.15) is 0 Å². The van der Waals surface area contributed by atoms with Gasteiger partial charge in [-0.05, 0) is 47.3 Å². The fourth-order valence-electron chi connectivity index (χ4n) is 2.62. The molecule has 6 heteroatoms. The topological polar surface area (TPSA) is 56.7 Å². The molecule has 2 heterocycles. The molecule has 1 saturated heterocycles. The predicted molar refractivity (Wildman–Crippen MR) is 86.4 cm³/mol. The van der Waals surface area contributed by atoms with Crippen LogP contribution in [0, 0.1) is 6.92 Å². The quantitative estimate of drug-likeness (QED) is 0.900. The van der Waals surface area contributed by atoms with Crippen LogP contribution in [0.15, 0.2) is 16.7 Å². The van der Waals surface area contributed by atoms with E-state index in [1.165, 1.54) is 4.90 Å². The minimum Gasteiger partial charge on any atom is -0.388 e. The lowest BCUT2D eigenvalue weighted by molar-refractivity contribution is -0.134. The largest absolute Gasteiger partial charge is 0.388 e. The molecule has 0 radical (unpaired) electrons. The summed E-state index contributed by atoms with van der Waals surface area (Å²) in [6.07, 6.45) is 3.42. The van der Waals surface area contributed by atoms with E-state index in [9.17, 15) is 9.90 Å². The van der Waals surface area contributed by atoms with E-state index in [0.29, 0.717) is 13.0 Å². The van der Waals surface area contributed by atoms with Crippen molar-refractivity contribution in [2.45, 2.75) is 31.8 Å². The number of amides is 1. The van der Waals surface area contributed by atoms with Crippen LogP contribution in [0.4, 0.5) is 5.82 Å². The second-order valence-electron chi connectivity index (χ2n) is 5.98. The maximum Gasteiger partial charge on any atom is 0.225 e. The molecule has 1 unspecified atom stereocenters. The number of carbonyl (C=O) groups is 1. The number of piperidine rings is 1. The fraction of sp³-hybridized carbons (Fsp3) is 0.600. The van der Waals surface area contributed by atoms with E-state index in [1.807, 2.05) is 13.0 Å². The summed E-state index contributed by atoms with van der Waals surface area (Å²) < 4.78 is 0.952. The number of aliphatic hydroxyl groups is 1. The maximum absolute atomic E-state index is 11.9. The average molecular weight is 356 g/mol. The minimum atomic E-state index is -0.982. The second-order valence-corrected chi connectivity index (χ2v) is 6.77. The Kier molecular flexibility index (Phi) is 4.88. The third-order valence-corrected chi connectivity index (χ3v) is 4.88. The number of pyridine rings is 1. The zero-order valence-corrected chi connectivity index (χ0v) is 14.4. The third-order valence-electron chi connectivity index (χ3n) is 3.90. The summed E-state index contributed by atoms with van der Waals surface area (Å²) in [5.41, 5.74) is 0.128. The van der Waals surface area contributed by atoms with Crippen molar-refractivity contribution < 1.29 is 9.90 Å². The number of halogens is 1.